The SMILES string of the molecule is CC(C)(C)n1nnnc1CN1CCCC(S(N)(=O)=O)C1. The van der Waals surface area contributed by atoms with Gasteiger partial charge in [-0.2, -0.15) is 0 Å². The van der Waals surface area contributed by atoms with Crippen LogP contribution in [0.15, 0.2) is 0 Å². The Bertz CT molecular complexity index is 562. The van der Waals surface area contributed by atoms with Gasteiger partial charge < -0.3 is 0 Å². The average Bonchev–Trinajstić information content (AvgIpc) is 2.76. The summed E-state index contributed by atoms with van der Waals surface area (Å²) in [6.07, 6.45) is 1.44. The van der Waals surface area contributed by atoms with Crippen molar-refractivity contribution in [3.8, 4) is 0 Å². The van der Waals surface area contributed by atoms with Gasteiger partial charge in [0.25, 0.3) is 0 Å². The van der Waals surface area contributed by atoms with Crippen LogP contribution in [0.25, 0.3) is 0 Å². The quantitative estimate of drug-likeness (QED) is 0.820. The molecule has 2 heterocycles. The van der Waals surface area contributed by atoms with Gasteiger partial charge >= 0.3 is 0 Å². The number of nitrogens with two attached hydrogens (primary N) is 1. The van der Waals surface area contributed by atoms with Gasteiger partial charge in [-0.25, -0.2) is 18.2 Å². The van der Waals surface area contributed by atoms with Gasteiger partial charge in [-0.1, -0.05) is 0 Å². The molecule has 1 saturated heterocycles. The Hall–Kier alpha value is -1.06. The molecule has 2 rings (SSSR count). The van der Waals surface area contributed by atoms with Crippen LogP contribution >= 0.6 is 0 Å². The summed E-state index contributed by atoms with van der Waals surface area (Å²) in [6, 6.07) is 0. The maximum atomic E-state index is 11.5. The molecule has 20 heavy (non-hydrogen) atoms. The second-order valence-electron chi connectivity index (χ2n) is 6.27. The number of piperidine rings is 1. The van der Waals surface area contributed by atoms with Crippen molar-refractivity contribution >= 4 is 10.0 Å². The summed E-state index contributed by atoms with van der Waals surface area (Å²) in [7, 11) is -3.48. The van der Waals surface area contributed by atoms with Crippen molar-refractivity contribution in [1.82, 2.24) is 25.1 Å². The summed E-state index contributed by atoms with van der Waals surface area (Å²) in [6.45, 7) is 7.89. The molecule has 8 nitrogen and oxygen atoms in total. The Morgan fingerprint density at radius 1 is 1.40 bits per heavy atom. The third-order valence-corrected chi connectivity index (χ3v) is 4.78. The summed E-state index contributed by atoms with van der Waals surface area (Å²) < 4.78 is 24.7. The molecule has 0 spiro atoms. The van der Waals surface area contributed by atoms with Gasteiger partial charge in [0.05, 0.1) is 17.3 Å². The van der Waals surface area contributed by atoms with Gasteiger partial charge in [0.2, 0.25) is 10.0 Å². The smallest absolute Gasteiger partial charge is 0.213 e. The summed E-state index contributed by atoms with van der Waals surface area (Å²) in [5.41, 5.74) is -0.200. The Kier molecular flexibility index (Phi) is 4.12. The van der Waals surface area contributed by atoms with Crippen LogP contribution in [0.1, 0.15) is 39.4 Å². The second-order valence-corrected chi connectivity index (χ2v) is 8.11. The van der Waals surface area contributed by atoms with Crippen LogP contribution in [0.4, 0.5) is 0 Å². The first-order chi connectivity index (χ1) is 9.18. The van der Waals surface area contributed by atoms with E-state index in [4.69, 9.17) is 5.14 Å². The van der Waals surface area contributed by atoms with E-state index >= 15 is 0 Å². The molecular weight excluding hydrogens is 280 g/mol. The Morgan fingerprint density at radius 2 is 2.10 bits per heavy atom. The zero-order chi connectivity index (χ0) is 15.0. The number of primary sulfonamides is 1. The van der Waals surface area contributed by atoms with Crippen molar-refractivity contribution in [1.29, 1.82) is 0 Å². The first-order valence-corrected chi connectivity index (χ1v) is 8.30. The molecule has 0 aromatic carbocycles. The number of hydrogen-bond donors (Lipinski definition) is 1. The van der Waals surface area contributed by atoms with E-state index in [9.17, 15) is 8.42 Å². The van der Waals surface area contributed by atoms with Crippen LogP contribution in [0.3, 0.4) is 0 Å². The van der Waals surface area contributed by atoms with Crippen molar-refractivity contribution < 1.29 is 8.42 Å². The number of likely N-dealkylation sites (tertiary alicyclic amines) is 1. The van der Waals surface area contributed by atoms with Crippen molar-refractivity contribution in [2.24, 2.45) is 5.14 Å². The molecule has 1 aromatic rings. The normalized spacial score (nSPS) is 22.1. The molecule has 0 aliphatic carbocycles. The summed E-state index contributed by atoms with van der Waals surface area (Å²) >= 11 is 0. The maximum absolute atomic E-state index is 11.5. The van der Waals surface area contributed by atoms with E-state index in [1.165, 1.54) is 0 Å². The van der Waals surface area contributed by atoms with Gasteiger partial charge in [-0.05, 0) is 50.6 Å². The van der Waals surface area contributed by atoms with Gasteiger partial charge in [0, 0.05) is 6.54 Å². The second kappa shape index (κ2) is 5.38. The lowest BCUT2D eigenvalue weighted by molar-refractivity contribution is 0.205. The molecule has 1 fully saturated rings. The number of sulfonamides is 1. The number of rotatable bonds is 3. The third-order valence-electron chi connectivity index (χ3n) is 3.46. The molecule has 9 heteroatoms. The predicted octanol–water partition coefficient (Wildman–Crippen LogP) is -0.319. The fraction of sp³-hybridized carbons (Fsp3) is 0.909. The van der Waals surface area contributed by atoms with Crippen LogP contribution < -0.4 is 5.14 Å². The number of nitrogens with zero attached hydrogens (tertiary/aromatic N) is 5. The van der Waals surface area contributed by atoms with E-state index in [0.29, 0.717) is 19.5 Å². The van der Waals surface area contributed by atoms with E-state index in [1.54, 1.807) is 4.68 Å². The molecule has 0 amide bonds. The lowest BCUT2D eigenvalue weighted by Crippen LogP contribution is -2.44. The highest BCUT2D eigenvalue weighted by atomic mass is 32.2. The third kappa shape index (κ3) is 3.53. The summed E-state index contributed by atoms with van der Waals surface area (Å²) in [5.74, 6) is 0.743. The molecule has 0 radical (unpaired) electrons. The fourth-order valence-electron chi connectivity index (χ4n) is 2.45. The van der Waals surface area contributed by atoms with E-state index < -0.39 is 15.3 Å². The highest BCUT2D eigenvalue weighted by molar-refractivity contribution is 7.89. The van der Waals surface area contributed by atoms with Crippen LogP contribution in [0.2, 0.25) is 0 Å². The molecule has 1 unspecified atom stereocenters. The number of aromatic nitrogens is 4. The largest absolute Gasteiger partial charge is 0.295 e. The van der Waals surface area contributed by atoms with Crippen molar-refractivity contribution in [3.63, 3.8) is 0 Å². The first-order valence-electron chi connectivity index (χ1n) is 6.69. The lowest BCUT2D eigenvalue weighted by Gasteiger charge is -2.31. The molecule has 1 aliphatic rings. The van der Waals surface area contributed by atoms with Gasteiger partial charge in [0.15, 0.2) is 5.82 Å². The minimum absolute atomic E-state index is 0.200. The molecular formula is C11H22N6O2S. The van der Waals surface area contributed by atoms with Crippen molar-refractivity contribution in [2.45, 2.75) is 50.9 Å². The van der Waals surface area contributed by atoms with Crippen molar-refractivity contribution in [3.05, 3.63) is 5.82 Å². The summed E-state index contributed by atoms with van der Waals surface area (Å²) in [4.78, 5) is 2.05. The van der Waals surface area contributed by atoms with E-state index in [1.807, 2.05) is 25.7 Å². The Morgan fingerprint density at radius 3 is 2.70 bits per heavy atom. The molecule has 114 valence electrons. The van der Waals surface area contributed by atoms with Crippen LogP contribution in [0.5, 0.6) is 0 Å². The van der Waals surface area contributed by atoms with Crippen LogP contribution in [-0.2, 0) is 22.1 Å². The highest BCUT2D eigenvalue weighted by Gasteiger charge is 2.29. The zero-order valence-electron chi connectivity index (χ0n) is 12.2. The molecule has 1 atom stereocenters. The van der Waals surface area contributed by atoms with Gasteiger partial charge in [0.1, 0.15) is 0 Å². The highest BCUT2D eigenvalue weighted by Crippen LogP contribution is 2.19. The molecule has 2 N–H and O–H groups in total. The van der Waals surface area contributed by atoms with Crippen molar-refractivity contribution in [2.75, 3.05) is 13.1 Å². The topological polar surface area (TPSA) is 107 Å². The number of hydrogen-bond acceptors (Lipinski definition) is 6. The van der Waals surface area contributed by atoms with Gasteiger partial charge in [-0.3, -0.25) is 4.90 Å². The average molecular weight is 302 g/mol. The Labute approximate surface area is 119 Å². The molecule has 1 aromatic heterocycles. The van der Waals surface area contributed by atoms with Crippen LogP contribution in [0, 0.1) is 0 Å². The summed E-state index contributed by atoms with van der Waals surface area (Å²) in [5, 5.41) is 16.5. The van der Waals surface area contributed by atoms with E-state index in [2.05, 4.69) is 15.5 Å². The zero-order valence-corrected chi connectivity index (χ0v) is 13.0. The van der Waals surface area contributed by atoms with Crippen LogP contribution in [-0.4, -0.2) is 51.9 Å². The first kappa shape index (κ1) is 15.3. The molecule has 0 saturated carbocycles. The standard InChI is InChI=1S/C11H22N6O2S/c1-11(2,3)17-10(13-14-15-17)8-16-6-4-5-9(7-16)20(12,18)19/h9H,4-8H2,1-3H3,(H2,12,18,19). The monoisotopic (exact) mass is 302 g/mol. The minimum Gasteiger partial charge on any atom is -0.295 e. The molecule has 1 aliphatic heterocycles. The fourth-order valence-corrected chi connectivity index (χ4v) is 3.36. The minimum atomic E-state index is -3.48. The predicted molar refractivity (Wildman–Crippen MR) is 74.2 cm³/mol. The Balaban J connectivity index is 2.09. The van der Waals surface area contributed by atoms with Gasteiger partial charge in [-0.15, -0.1) is 5.10 Å². The van der Waals surface area contributed by atoms with E-state index in [0.717, 1.165) is 18.8 Å². The molecule has 0 bridgehead atoms. The lowest BCUT2D eigenvalue weighted by atomic mass is 10.1. The van der Waals surface area contributed by atoms with E-state index in [-0.39, 0.29) is 5.54 Å². The number of tetrazole rings is 1. The maximum Gasteiger partial charge on any atom is 0.213 e.